The van der Waals surface area contributed by atoms with E-state index in [0.29, 0.717) is 24.5 Å². The number of ether oxygens (including phenoxy) is 2. The first-order valence-electron chi connectivity index (χ1n) is 10.6. The van der Waals surface area contributed by atoms with Crippen molar-refractivity contribution in [2.45, 2.75) is 4.90 Å². The molecule has 2 aromatic carbocycles. The van der Waals surface area contributed by atoms with Gasteiger partial charge in [-0.15, -0.1) is 11.3 Å². The molecule has 0 atom stereocenters. The Balaban J connectivity index is 1.35. The van der Waals surface area contributed by atoms with Gasteiger partial charge in [0, 0.05) is 36.2 Å². The predicted molar refractivity (Wildman–Crippen MR) is 129 cm³/mol. The van der Waals surface area contributed by atoms with E-state index in [2.05, 4.69) is 10.3 Å². The summed E-state index contributed by atoms with van der Waals surface area (Å²) < 4.78 is 37.1. The van der Waals surface area contributed by atoms with E-state index in [9.17, 15) is 28.1 Å². The number of nitrogens with one attached hydrogen (secondary N) is 1. The number of thiazole rings is 1. The fourth-order valence-corrected chi connectivity index (χ4v) is 5.52. The zero-order chi connectivity index (χ0) is 25.7. The highest BCUT2D eigenvalue weighted by molar-refractivity contribution is 7.89. The fraction of sp³-hybridized carbons (Fsp3) is 0.227. The first kappa shape index (κ1) is 25.4. The van der Waals surface area contributed by atoms with E-state index < -0.39 is 33.4 Å². The number of non-ortho nitro benzene ring substituents is 1. The van der Waals surface area contributed by atoms with Gasteiger partial charge in [0.05, 0.1) is 34.3 Å². The van der Waals surface area contributed by atoms with Gasteiger partial charge in [0.2, 0.25) is 10.0 Å². The minimum atomic E-state index is -3.80. The van der Waals surface area contributed by atoms with Gasteiger partial charge < -0.3 is 9.47 Å². The number of morpholine rings is 1. The molecule has 1 fully saturated rings. The Morgan fingerprint density at radius 1 is 1.17 bits per heavy atom. The Hall–Kier alpha value is -3.72. The molecule has 0 aliphatic carbocycles. The second-order valence-electron chi connectivity index (χ2n) is 7.51. The van der Waals surface area contributed by atoms with Crippen LogP contribution in [0, 0.1) is 10.1 Å². The molecule has 0 spiro atoms. The van der Waals surface area contributed by atoms with Crippen LogP contribution in [-0.4, -0.2) is 67.4 Å². The average Bonchev–Trinajstić information content (AvgIpc) is 3.36. The number of nitro benzene ring substituents is 1. The Morgan fingerprint density at radius 3 is 2.67 bits per heavy atom. The SMILES string of the molecule is O=C(COC(=O)c1cccc(S(=O)(=O)N2CCOCC2)c1)Nc1nc(-c2cccc([N+](=O)[O-])c2)cs1. The molecule has 2 heterocycles. The number of rotatable bonds is 8. The van der Waals surface area contributed by atoms with Crippen molar-refractivity contribution in [3.8, 4) is 11.3 Å². The standard InChI is InChI=1S/C22H20N4O8S2/c27-20(24-22-23-19(14-35-22)15-3-1-5-17(11-15)26(29)30)13-34-21(28)16-4-2-6-18(12-16)36(31,32)25-7-9-33-10-8-25/h1-6,11-12,14H,7-10,13H2,(H,23,24,27). The Kier molecular flexibility index (Phi) is 7.69. The summed E-state index contributed by atoms with van der Waals surface area (Å²) in [5.41, 5.74) is 0.854. The summed E-state index contributed by atoms with van der Waals surface area (Å²) in [6.45, 7) is 0.405. The number of carbonyl (C=O) groups is 2. The Bertz CT molecular complexity index is 1400. The number of hydrogen-bond donors (Lipinski definition) is 1. The van der Waals surface area contributed by atoms with Gasteiger partial charge in [0.15, 0.2) is 11.7 Å². The average molecular weight is 533 g/mol. The molecular formula is C22H20N4O8S2. The van der Waals surface area contributed by atoms with E-state index in [1.807, 2.05) is 0 Å². The number of carbonyl (C=O) groups excluding carboxylic acids is 2. The van der Waals surface area contributed by atoms with Crippen LogP contribution in [0.25, 0.3) is 11.3 Å². The monoisotopic (exact) mass is 532 g/mol. The number of nitro groups is 1. The summed E-state index contributed by atoms with van der Waals surface area (Å²) in [4.78, 5) is 39.3. The molecule has 1 aliphatic heterocycles. The molecular weight excluding hydrogens is 512 g/mol. The lowest BCUT2D eigenvalue weighted by molar-refractivity contribution is -0.384. The molecule has 12 nitrogen and oxygen atoms in total. The number of sulfonamides is 1. The van der Waals surface area contributed by atoms with E-state index in [1.54, 1.807) is 11.4 Å². The van der Waals surface area contributed by atoms with Crippen LogP contribution in [0.3, 0.4) is 0 Å². The van der Waals surface area contributed by atoms with Crippen molar-refractivity contribution < 1.29 is 32.4 Å². The minimum Gasteiger partial charge on any atom is -0.452 e. The number of esters is 1. The van der Waals surface area contributed by atoms with Gasteiger partial charge >= 0.3 is 5.97 Å². The number of benzene rings is 2. The number of hydrogen-bond acceptors (Lipinski definition) is 10. The molecule has 14 heteroatoms. The maximum absolute atomic E-state index is 12.8. The zero-order valence-electron chi connectivity index (χ0n) is 18.7. The normalized spacial score (nSPS) is 14.2. The molecule has 1 amide bonds. The van der Waals surface area contributed by atoms with E-state index >= 15 is 0 Å². The van der Waals surface area contributed by atoms with Crippen LogP contribution in [0.15, 0.2) is 58.8 Å². The van der Waals surface area contributed by atoms with E-state index in [1.165, 1.54) is 46.8 Å². The molecule has 3 aromatic rings. The van der Waals surface area contributed by atoms with Crippen molar-refractivity contribution >= 4 is 44.1 Å². The molecule has 0 unspecified atom stereocenters. The van der Waals surface area contributed by atoms with Crippen LogP contribution >= 0.6 is 11.3 Å². The number of amides is 1. The molecule has 36 heavy (non-hydrogen) atoms. The van der Waals surface area contributed by atoms with Gasteiger partial charge in [-0.05, 0) is 18.2 Å². The number of aromatic nitrogens is 1. The van der Waals surface area contributed by atoms with Gasteiger partial charge in [-0.3, -0.25) is 20.2 Å². The third-order valence-electron chi connectivity index (χ3n) is 5.12. The van der Waals surface area contributed by atoms with E-state index in [0.717, 1.165) is 11.3 Å². The predicted octanol–water partition coefficient (Wildman–Crippen LogP) is 2.53. The Labute approximate surface area is 209 Å². The van der Waals surface area contributed by atoms with Crippen LogP contribution in [0.5, 0.6) is 0 Å². The summed E-state index contributed by atoms with van der Waals surface area (Å²) in [5.74, 6) is -1.51. The lowest BCUT2D eigenvalue weighted by atomic mass is 10.1. The highest BCUT2D eigenvalue weighted by Crippen LogP contribution is 2.27. The van der Waals surface area contributed by atoms with E-state index in [4.69, 9.17) is 9.47 Å². The first-order valence-corrected chi connectivity index (χ1v) is 12.9. The molecule has 188 valence electrons. The molecule has 4 rings (SSSR count). The van der Waals surface area contributed by atoms with Crippen molar-refractivity contribution in [1.82, 2.24) is 9.29 Å². The second kappa shape index (κ2) is 10.9. The van der Waals surface area contributed by atoms with Crippen LogP contribution in [-0.2, 0) is 24.3 Å². The molecule has 1 N–H and O–H groups in total. The molecule has 1 saturated heterocycles. The summed E-state index contributed by atoms with van der Waals surface area (Å²) in [7, 11) is -3.80. The highest BCUT2D eigenvalue weighted by atomic mass is 32.2. The summed E-state index contributed by atoms with van der Waals surface area (Å²) in [6, 6.07) is 11.3. The van der Waals surface area contributed by atoms with Crippen LogP contribution < -0.4 is 5.32 Å². The van der Waals surface area contributed by atoms with Gasteiger partial charge in [0.1, 0.15) is 0 Å². The molecule has 1 aliphatic rings. The van der Waals surface area contributed by atoms with Gasteiger partial charge in [0.25, 0.3) is 11.6 Å². The third kappa shape index (κ3) is 5.91. The largest absolute Gasteiger partial charge is 0.452 e. The molecule has 0 bridgehead atoms. The topological polar surface area (TPSA) is 158 Å². The zero-order valence-corrected chi connectivity index (χ0v) is 20.3. The van der Waals surface area contributed by atoms with Gasteiger partial charge in [-0.2, -0.15) is 4.31 Å². The van der Waals surface area contributed by atoms with Crippen molar-refractivity contribution in [2.75, 3.05) is 38.2 Å². The maximum Gasteiger partial charge on any atom is 0.338 e. The van der Waals surface area contributed by atoms with Crippen molar-refractivity contribution in [1.29, 1.82) is 0 Å². The molecule has 1 aromatic heterocycles. The molecule has 0 radical (unpaired) electrons. The smallest absolute Gasteiger partial charge is 0.338 e. The van der Waals surface area contributed by atoms with Gasteiger partial charge in [-0.1, -0.05) is 18.2 Å². The molecule has 0 saturated carbocycles. The minimum absolute atomic E-state index is 0.0145. The fourth-order valence-electron chi connectivity index (χ4n) is 3.33. The Morgan fingerprint density at radius 2 is 1.92 bits per heavy atom. The number of anilines is 1. The van der Waals surface area contributed by atoms with Crippen molar-refractivity contribution in [2.24, 2.45) is 0 Å². The van der Waals surface area contributed by atoms with Crippen LogP contribution in [0.4, 0.5) is 10.8 Å². The maximum atomic E-state index is 12.8. The quantitative estimate of drug-likeness (QED) is 0.261. The highest BCUT2D eigenvalue weighted by Gasteiger charge is 2.27. The van der Waals surface area contributed by atoms with Crippen LogP contribution in [0.2, 0.25) is 0 Å². The lowest BCUT2D eigenvalue weighted by Crippen LogP contribution is -2.40. The first-order chi connectivity index (χ1) is 17.2. The third-order valence-corrected chi connectivity index (χ3v) is 7.77. The van der Waals surface area contributed by atoms with Crippen molar-refractivity contribution in [3.05, 3.63) is 69.6 Å². The van der Waals surface area contributed by atoms with E-state index in [-0.39, 0.29) is 34.4 Å². The van der Waals surface area contributed by atoms with Gasteiger partial charge in [-0.25, -0.2) is 18.2 Å². The van der Waals surface area contributed by atoms with Crippen LogP contribution in [0.1, 0.15) is 10.4 Å². The summed E-state index contributed by atoms with van der Waals surface area (Å²) in [6.07, 6.45) is 0. The van der Waals surface area contributed by atoms with Crippen molar-refractivity contribution in [3.63, 3.8) is 0 Å². The lowest BCUT2D eigenvalue weighted by Gasteiger charge is -2.26. The summed E-state index contributed by atoms with van der Waals surface area (Å²) in [5, 5.41) is 15.3. The number of nitrogens with zero attached hydrogens (tertiary/aromatic N) is 3. The second-order valence-corrected chi connectivity index (χ2v) is 10.3. The summed E-state index contributed by atoms with van der Waals surface area (Å²) >= 11 is 1.10.